The van der Waals surface area contributed by atoms with E-state index in [9.17, 15) is 9.18 Å². The highest BCUT2D eigenvalue weighted by molar-refractivity contribution is 5.99. The largest absolute Gasteiger partial charge is 0.399 e. The quantitative estimate of drug-likeness (QED) is 0.859. The van der Waals surface area contributed by atoms with Crippen molar-refractivity contribution in [2.75, 3.05) is 5.73 Å². The summed E-state index contributed by atoms with van der Waals surface area (Å²) in [6.45, 7) is 0.555. The number of hydrogen-bond donors (Lipinski definition) is 1. The molecule has 3 rings (SSSR count). The SMILES string of the molecule is N#Cc1ccc(F)c(CN2Cc3ccc(N)cc3C2=O)c1. The molecule has 4 nitrogen and oxygen atoms in total. The highest BCUT2D eigenvalue weighted by atomic mass is 19.1. The molecule has 0 aromatic heterocycles. The number of amides is 1. The van der Waals surface area contributed by atoms with Crippen LogP contribution in [-0.2, 0) is 13.1 Å². The average Bonchev–Trinajstić information content (AvgIpc) is 2.78. The molecule has 5 heteroatoms. The Bertz CT molecular complexity index is 780. The summed E-state index contributed by atoms with van der Waals surface area (Å²) in [6.07, 6.45) is 0. The summed E-state index contributed by atoms with van der Waals surface area (Å²) >= 11 is 0. The first-order chi connectivity index (χ1) is 10.1. The molecule has 0 atom stereocenters. The van der Waals surface area contributed by atoms with E-state index in [4.69, 9.17) is 11.0 Å². The normalized spacial score (nSPS) is 13.1. The molecule has 1 amide bonds. The molecule has 0 aliphatic carbocycles. The van der Waals surface area contributed by atoms with Gasteiger partial charge in [0.1, 0.15) is 5.82 Å². The Morgan fingerprint density at radius 1 is 1.29 bits per heavy atom. The lowest BCUT2D eigenvalue weighted by atomic mass is 10.1. The van der Waals surface area contributed by atoms with Gasteiger partial charge in [-0.1, -0.05) is 6.07 Å². The predicted molar refractivity (Wildman–Crippen MR) is 75.5 cm³/mol. The van der Waals surface area contributed by atoms with Gasteiger partial charge in [-0.3, -0.25) is 4.79 Å². The Labute approximate surface area is 121 Å². The van der Waals surface area contributed by atoms with E-state index in [1.165, 1.54) is 18.2 Å². The minimum atomic E-state index is -0.419. The molecule has 2 aromatic rings. The van der Waals surface area contributed by atoms with E-state index in [1.54, 1.807) is 17.0 Å². The molecule has 1 aliphatic heterocycles. The number of carbonyl (C=O) groups is 1. The molecular formula is C16H12FN3O. The first-order valence-electron chi connectivity index (χ1n) is 6.44. The fourth-order valence-electron chi connectivity index (χ4n) is 2.48. The van der Waals surface area contributed by atoms with Crippen LogP contribution < -0.4 is 5.73 Å². The van der Waals surface area contributed by atoms with Crippen LogP contribution in [0.15, 0.2) is 36.4 Å². The number of carbonyl (C=O) groups excluding carboxylic acids is 1. The van der Waals surface area contributed by atoms with Crippen molar-refractivity contribution in [2.45, 2.75) is 13.1 Å². The van der Waals surface area contributed by atoms with Crippen molar-refractivity contribution in [2.24, 2.45) is 0 Å². The first-order valence-corrected chi connectivity index (χ1v) is 6.44. The summed E-state index contributed by atoms with van der Waals surface area (Å²) in [6, 6.07) is 11.3. The molecule has 0 saturated carbocycles. The highest BCUT2D eigenvalue weighted by Gasteiger charge is 2.27. The van der Waals surface area contributed by atoms with Crippen LogP contribution in [0.25, 0.3) is 0 Å². The minimum absolute atomic E-state index is 0.134. The number of hydrogen-bond acceptors (Lipinski definition) is 3. The van der Waals surface area contributed by atoms with Gasteiger partial charge >= 0.3 is 0 Å². The molecule has 0 fully saturated rings. The molecule has 0 bridgehead atoms. The predicted octanol–water partition coefficient (Wildman–Crippen LogP) is 2.44. The van der Waals surface area contributed by atoms with Gasteiger partial charge in [0.15, 0.2) is 0 Å². The number of benzene rings is 2. The van der Waals surface area contributed by atoms with Crippen LogP contribution in [-0.4, -0.2) is 10.8 Å². The summed E-state index contributed by atoms with van der Waals surface area (Å²) in [5.74, 6) is -0.587. The number of anilines is 1. The Kier molecular flexibility index (Phi) is 3.07. The van der Waals surface area contributed by atoms with E-state index in [2.05, 4.69) is 0 Å². The van der Waals surface area contributed by atoms with Crippen LogP contribution in [0.1, 0.15) is 27.0 Å². The topological polar surface area (TPSA) is 70.1 Å². The lowest BCUT2D eigenvalue weighted by molar-refractivity contribution is 0.0765. The Hall–Kier alpha value is -2.87. The fraction of sp³-hybridized carbons (Fsp3) is 0.125. The fourth-order valence-corrected chi connectivity index (χ4v) is 2.48. The van der Waals surface area contributed by atoms with Crippen LogP contribution in [0.2, 0.25) is 0 Å². The van der Waals surface area contributed by atoms with E-state index >= 15 is 0 Å². The summed E-state index contributed by atoms with van der Waals surface area (Å²) < 4.78 is 13.8. The lowest BCUT2D eigenvalue weighted by Crippen LogP contribution is -2.23. The molecule has 1 aliphatic rings. The molecule has 0 unspecified atom stereocenters. The zero-order valence-corrected chi connectivity index (χ0v) is 11.1. The van der Waals surface area contributed by atoms with Gasteiger partial charge in [0.2, 0.25) is 0 Å². The highest BCUT2D eigenvalue weighted by Crippen LogP contribution is 2.26. The van der Waals surface area contributed by atoms with Crippen molar-refractivity contribution in [1.82, 2.24) is 4.90 Å². The van der Waals surface area contributed by atoms with Gasteiger partial charge in [-0.15, -0.1) is 0 Å². The van der Waals surface area contributed by atoms with E-state index < -0.39 is 5.82 Å². The number of nitrogens with two attached hydrogens (primary N) is 1. The third-order valence-electron chi connectivity index (χ3n) is 3.55. The molecule has 104 valence electrons. The van der Waals surface area contributed by atoms with Gasteiger partial charge < -0.3 is 10.6 Å². The summed E-state index contributed by atoms with van der Waals surface area (Å²) in [5.41, 5.74) is 8.37. The Morgan fingerprint density at radius 2 is 2.10 bits per heavy atom. The van der Waals surface area contributed by atoms with Crippen molar-refractivity contribution in [3.63, 3.8) is 0 Å². The zero-order chi connectivity index (χ0) is 15.0. The maximum atomic E-state index is 13.8. The van der Waals surface area contributed by atoms with E-state index in [-0.39, 0.29) is 12.5 Å². The van der Waals surface area contributed by atoms with Gasteiger partial charge in [0.25, 0.3) is 5.91 Å². The van der Waals surface area contributed by atoms with Crippen LogP contribution in [0, 0.1) is 17.1 Å². The van der Waals surface area contributed by atoms with E-state index in [1.807, 2.05) is 12.1 Å². The second-order valence-corrected chi connectivity index (χ2v) is 5.00. The first kappa shape index (κ1) is 13.1. The Morgan fingerprint density at radius 3 is 2.86 bits per heavy atom. The third-order valence-corrected chi connectivity index (χ3v) is 3.55. The van der Waals surface area contributed by atoms with Gasteiger partial charge in [-0.2, -0.15) is 5.26 Å². The number of nitrogen functional groups attached to an aromatic ring is 1. The van der Waals surface area contributed by atoms with Crippen LogP contribution >= 0.6 is 0 Å². The summed E-state index contributed by atoms with van der Waals surface area (Å²) in [5, 5.41) is 8.87. The van der Waals surface area contributed by atoms with Crippen molar-refractivity contribution in [3.8, 4) is 6.07 Å². The zero-order valence-electron chi connectivity index (χ0n) is 11.1. The van der Waals surface area contributed by atoms with E-state index in [0.29, 0.717) is 28.9 Å². The molecule has 2 aromatic carbocycles. The second-order valence-electron chi connectivity index (χ2n) is 5.00. The van der Waals surface area contributed by atoms with E-state index in [0.717, 1.165) is 5.56 Å². The van der Waals surface area contributed by atoms with Crippen LogP contribution in [0.3, 0.4) is 0 Å². The number of nitriles is 1. The summed E-state index contributed by atoms with van der Waals surface area (Å²) in [7, 11) is 0. The monoisotopic (exact) mass is 281 g/mol. The van der Waals surface area contributed by atoms with Gasteiger partial charge in [0.05, 0.1) is 11.6 Å². The second kappa shape index (κ2) is 4.91. The van der Waals surface area contributed by atoms with Crippen molar-refractivity contribution in [1.29, 1.82) is 5.26 Å². The maximum absolute atomic E-state index is 13.8. The smallest absolute Gasteiger partial charge is 0.254 e. The Balaban J connectivity index is 1.88. The molecule has 0 saturated heterocycles. The molecule has 21 heavy (non-hydrogen) atoms. The molecule has 0 radical (unpaired) electrons. The number of nitrogens with zero attached hydrogens (tertiary/aromatic N) is 2. The van der Waals surface area contributed by atoms with Gasteiger partial charge in [-0.05, 0) is 35.9 Å². The molecular weight excluding hydrogens is 269 g/mol. The number of halogens is 1. The van der Waals surface area contributed by atoms with Crippen molar-refractivity contribution < 1.29 is 9.18 Å². The van der Waals surface area contributed by atoms with Gasteiger partial charge in [-0.25, -0.2) is 4.39 Å². The van der Waals surface area contributed by atoms with Gasteiger partial charge in [0, 0.05) is 29.9 Å². The third kappa shape index (κ3) is 2.32. The standard InChI is InChI=1S/C16H12FN3O/c17-15-4-1-10(7-18)5-12(15)9-20-8-11-2-3-13(19)6-14(11)16(20)21/h1-6H,8-9,19H2. The summed E-state index contributed by atoms with van der Waals surface area (Å²) in [4.78, 5) is 13.8. The van der Waals surface area contributed by atoms with Crippen molar-refractivity contribution in [3.05, 3.63) is 64.5 Å². The molecule has 1 heterocycles. The minimum Gasteiger partial charge on any atom is -0.399 e. The molecule has 2 N–H and O–H groups in total. The number of fused-ring (bicyclic) bond motifs is 1. The maximum Gasteiger partial charge on any atom is 0.254 e. The van der Waals surface area contributed by atoms with Crippen LogP contribution in [0.4, 0.5) is 10.1 Å². The average molecular weight is 281 g/mol. The van der Waals surface area contributed by atoms with Crippen molar-refractivity contribution >= 4 is 11.6 Å². The lowest BCUT2D eigenvalue weighted by Gasteiger charge is -2.16. The number of rotatable bonds is 2. The molecule has 0 spiro atoms. The van der Waals surface area contributed by atoms with Crippen LogP contribution in [0.5, 0.6) is 0 Å².